The van der Waals surface area contributed by atoms with E-state index in [2.05, 4.69) is 26.2 Å². The Kier molecular flexibility index (Phi) is 4.50. The lowest BCUT2D eigenvalue weighted by Crippen LogP contribution is -2.28. The minimum Gasteiger partial charge on any atom is -0.342 e. The fraction of sp³-hybridized carbons (Fsp3) is 0.357. The van der Waals surface area contributed by atoms with Crippen molar-refractivity contribution in [3.63, 3.8) is 0 Å². The van der Waals surface area contributed by atoms with E-state index >= 15 is 0 Å². The topological polar surface area (TPSA) is 102 Å². The van der Waals surface area contributed by atoms with Crippen LogP contribution in [0.25, 0.3) is 0 Å². The molecule has 0 spiro atoms. The summed E-state index contributed by atoms with van der Waals surface area (Å²) in [7, 11) is 1.71. The molecule has 2 N–H and O–H groups in total. The van der Waals surface area contributed by atoms with Crippen LogP contribution in [-0.2, 0) is 11.8 Å². The van der Waals surface area contributed by atoms with Gasteiger partial charge in [-0.2, -0.15) is 0 Å². The van der Waals surface area contributed by atoms with E-state index in [4.69, 9.17) is 0 Å². The van der Waals surface area contributed by atoms with Gasteiger partial charge in [0.1, 0.15) is 0 Å². The molecule has 116 valence electrons. The Bertz CT molecular complexity index is 709. The number of rotatable bonds is 4. The third kappa shape index (κ3) is 3.46. The number of carbonyl (C=O) groups is 2. The predicted octanol–water partition coefficient (Wildman–Crippen LogP) is 0.968. The summed E-state index contributed by atoms with van der Waals surface area (Å²) in [5.74, 6) is 0.115. The van der Waals surface area contributed by atoms with Crippen LogP contribution in [-0.4, -0.2) is 32.0 Å². The molecule has 8 heteroatoms. The maximum atomic E-state index is 12.3. The molecule has 0 aliphatic carbocycles. The third-order valence-corrected chi connectivity index (χ3v) is 3.20. The Morgan fingerprint density at radius 2 is 2.05 bits per heavy atom. The summed E-state index contributed by atoms with van der Waals surface area (Å²) in [5, 5.41) is 16.7. The maximum Gasteiger partial charge on any atom is 0.251 e. The van der Waals surface area contributed by atoms with Crippen LogP contribution >= 0.6 is 0 Å². The first-order valence-corrected chi connectivity index (χ1v) is 6.80. The quantitative estimate of drug-likeness (QED) is 0.876. The van der Waals surface area contributed by atoms with E-state index in [9.17, 15) is 9.59 Å². The number of benzene rings is 1. The zero-order chi connectivity index (χ0) is 16.3. The molecule has 0 bridgehead atoms. The monoisotopic (exact) mass is 302 g/mol. The zero-order valence-electron chi connectivity index (χ0n) is 12.9. The molecule has 0 fully saturated rings. The van der Waals surface area contributed by atoms with Gasteiger partial charge >= 0.3 is 0 Å². The Labute approximate surface area is 127 Å². The molecule has 0 saturated carbocycles. The second kappa shape index (κ2) is 6.33. The minimum atomic E-state index is -0.335. The van der Waals surface area contributed by atoms with E-state index in [1.807, 2.05) is 6.92 Å². The molecule has 1 aromatic carbocycles. The van der Waals surface area contributed by atoms with E-state index in [0.29, 0.717) is 17.1 Å². The molecule has 2 amide bonds. The molecule has 0 aliphatic rings. The number of carbonyl (C=O) groups excluding carboxylic acids is 2. The predicted molar refractivity (Wildman–Crippen MR) is 80.2 cm³/mol. The highest BCUT2D eigenvalue weighted by atomic mass is 16.2. The molecule has 1 atom stereocenters. The van der Waals surface area contributed by atoms with E-state index < -0.39 is 0 Å². The smallest absolute Gasteiger partial charge is 0.251 e. The Balaban J connectivity index is 2.16. The molecular formula is C14H18N6O2. The summed E-state index contributed by atoms with van der Waals surface area (Å²) in [6.45, 7) is 5.09. The standard InChI is InChI=1S/C14H18N6O2/c1-8-5-6-11(7-12(8)16-10(3)21)14(22)15-9(2)13-17-18-19-20(13)4/h5-7,9H,1-4H3,(H,15,22)(H,16,21). The Hall–Kier alpha value is -2.77. The lowest BCUT2D eigenvalue weighted by molar-refractivity contribution is -0.114. The van der Waals surface area contributed by atoms with Gasteiger partial charge < -0.3 is 10.6 Å². The van der Waals surface area contributed by atoms with Gasteiger partial charge in [0.25, 0.3) is 5.91 Å². The lowest BCUT2D eigenvalue weighted by atomic mass is 10.1. The van der Waals surface area contributed by atoms with Crippen LogP contribution in [0, 0.1) is 6.92 Å². The number of hydrogen-bond acceptors (Lipinski definition) is 5. The van der Waals surface area contributed by atoms with E-state index in [-0.39, 0.29) is 17.9 Å². The van der Waals surface area contributed by atoms with Crippen LogP contribution in [0.15, 0.2) is 18.2 Å². The maximum absolute atomic E-state index is 12.3. The third-order valence-electron chi connectivity index (χ3n) is 3.20. The van der Waals surface area contributed by atoms with Gasteiger partial charge in [-0.3, -0.25) is 9.59 Å². The number of nitrogens with zero attached hydrogens (tertiary/aromatic N) is 4. The lowest BCUT2D eigenvalue weighted by Gasteiger charge is -2.13. The number of aromatic nitrogens is 4. The molecule has 2 rings (SSSR count). The van der Waals surface area contributed by atoms with Crippen LogP contribution < -0.4 is 10.6 Å². The van der Waals surface area contributed by atoms with Crippen LogP contribution in [0.5, 0.6) is 0 Å². The van der Waals surface area contributed by atoms with E-state index in [1.165, 1.54) is 11.6 Å². The molecular weight excluding hydrogens is 284 g/mol. The molecule has 2 aromatic rings. The van der Waals surface area contributed by atoms with Gasteiger partial charge in [-0.1, -0.05) is 6.07 Å². The van der Waals surface area contributed by atoms with Gasteiger partial charge in [0.05, 0.1) is 6.04 Å². The first-order chi connectivity index (χ1) is 10.4. The van der Waals surface area contributed by atoms with Crippen LogP contribution in [0.4, 0.5) is 5.69 Å². The molecule has 22 heavy (non-hydrogen) atoms. The van der Waals surface area contributed by atoms with E-state index in [0.717, 1.165) is 5.56 Å². The van der Waals surface area contributed by atoms with Crippen molar-refractivity contribution < 1.29 is 9.59 Å². The minimum absolute atomic E-state index is 0.181. The van der Waals surface area contributed by atoms with Crippen molar-refractivity contribution in [2.45, 2.75) is 26.8 Å². The number of aryl methyl sites for hydroxylation is 2. The van der Waals surface area contributed by atoms with Gasteiger partial charge in [0.15, 0.2) is 5.82 Å². The van der Waals surface area contributed by atoms with Crippen molar-refractivity contribution >= 4 is 17.5 Å². The number of anilines is 1. The summed E-state index contributed by atoms with van der Waals surface area (Å²) in [6, 6.07) is 4.80. The summed E-state index contributed by atoms with van der Waals surface area (Å²) >= 11 is 0. The van der Waals surface area contributed by atoms with Crippen molar-refractivity contribution in [3.05, 3.63) is 35.2 Å². The summed E-state index contributed by atoms with van der Waals surface area (Å²) in [6.07, 6.45) is 0. The fourth-order valence-electron chi connectivity index (χ4n) is 2.04. The highest BCUT2D eigenvalue weighted by Gasteiger charge is 2.17. The average molecular weight is 302 g/mol. The van der Waals surface area contributed by atoms with Gasteiger partial charge in [-0.05, 0) is 42.0 Å². The number of amides is 2. The first-order valence-electron chi connectivity index (χ1n) is 6.80. The molecule has 1 aromatic heterocycles. The van der Waals surface area contributed by atoms with Crippen molar-refractivity contribution in [2.75, 3.05) is 5.32 Å². The Morgan fingerprint density at radius 3 is 2.64 bits per heavy atom. The molecule has 8 nitrogen and oxygen atoms in total. The van der Waals surface area contributed by atoms with Gasteiger partial charge in [0.2, 0.25) is 5.91 Å². The van der Waals surface area contributed by atoms with Crippen LogP contribution in [0.3, 0.4) is 0 Å². The van der Waals surface area contributed by atoms with Gasteiger partial charge in [-0.25, -0.2) is 4.68 Å². The summed E-state index contributed by atoms with van der Waals surface area (Å²) in [5.41, 5.74) is 1.96. The fourth-order valence-corrected chi connectivity index (χ4v) is 2.04. The largest absolute Gasteiger partial charge is 0.342 e. The van der Waals surface area contributed by atoms with Crippen molar-refractivity contribution in [3.8, 4) is 0 Å². The highest BCUT2D eigenvalue weighted by Crippen LogP contribution is 2.17. The molecule has 0 aliphatic heterocycles. The second-order valence-electron chi connectivity index (χ2n) is 5.07. The first kappa shape index (κ1) is 15.6. The number of tetrazole rings is 1. The molecule has 0 radical (unpaired) electrons. The number of nitrogens with one attached hydrogen (secondary N) is 2. The van der Waals surface area contributed by atoms with Gasteiger partial charge in [0, 0.05) is 25.2 Å². The van der Waals surface area contributed by atoms with E-state index in [1.54, 1.807) is 32.2 Å². The molecule has 0 saturated heterocycles. The summed E-state index contributed by atoms with van der Waals surface area (Å²) in [4.78, 5) is 23.5. The highest BCUT2D eigenvalue weighted by molar-refractivity contribution is 5.97. The van der Waals surface area contributed by atoms with Crippen LogP contribution in [0.2, 0.25) is 0 Å². The second-order valence-corrected chi connectivity index (χ2v) is 5.07. The van der Waals surface area contributed by atoms with Crippen molar-refractivity contribution in [2.24, 2.45) is 7.05 Å². The SMILES string of the molecule is CC(=O)Nc1cc(C(=O)NC(C)c2nnnn2C)ccc1C. The normalized spacial score (nSPS) is 11.8. The number of hydrogen-bond donors (Lipinski definition) is 2. The molecule has 1 unspecified atom stereocenters. The average Bonchev–Trinajstić information content (AvgIpc) is 2.87. The van der Waals surface area contributed by atoms with Crippen LogP contribution in [0.1, 0.15) is 41.6 Å². The Morgan fingerprint density at radius 1 is 1.32 bits per heavy atom. The van der Waals surface area contributed by atoms with Gasteiger partial charge in [-0.15, -0.1) is 5.10 Å². The summed E-state index contributed by atoms with van der Waals surface area (Å²) < 4.78 is 1.50. The van der Waals surface area contributed by atoms with Crippen molar-refractivity contribution in [1.29, 1.82) is 0 Å². The zero-order valence-corrected chi connectivity index (χ0v) is 12.9. The molecule has 1 heterocycles. The van der Waals surface area contributed by atoms with Crippen molar-refractivity contribution in [1.82, 2.24) is 25.5 Å².